The summed E-state index contributed by atoms with van der Waals surface area (Å²) in [5.74, 6) is 2.81. The molecule has 3 aromatic rings. The van der Waals surface area contributed by atoms with Crippen LogP contribution in [0.2, 0.25) is 0 Å². The SMILES string of the molecule is CCc1nc(-c2ccnc(N(CC3CCC(c4ccc(OC)c(C)n4)CC3)C(=O)C3CCC(OC(=O)NC4CCOCC4)CC3)c2)co1. The Morgan fingerprint density at radius 3 is 2.44 bits per heavy atom. The molecule has 2 amide bonds. The number of hydrogen-bond donors (Lipinski definition) is 1. The molecular weight excluding hydrogens is 610 g/mol. The van der Waals surface area contributed by atoms with E-state index in [9.17, 15) is 9.59 Å². The smallest absolute Gasteiger partial charge is 0.407 e. The van der Waals surface area contributed by atoms with Gasteiger partial charge in [-0.1, -0.05) is 6.92 Å². The third kappa shape index (κ3) is 8.35. The molecule has 0 bridgehead atoms. The van der Waals surface area contributed by atoms with Gasteiger partial charge in [0.2, 0.25) is 5.91 Å². The molecule has 11 heteroatoms. The minimum Gasteiger partial charge on any atom is -0.495 e. The molecule has 3 aromatic heterocycles. The number of hydrogen-bond acceptors (Lipinski definition) is 9. The van der Waals surface area contributed by atoms with E-state index in [1.807, 2.05) is 36.9 Å². The van der Waals surface area contributed by atoms with Crippen molar-refractivity contribution in [2.75, 3.05) is 31.8 Å². The number of alkyl carbamates (subject to hydrolysis) is 1. The van der Waals surface area contributed by atoms with Crippen LogP contribution in [0.15, 0.2) is 41.1 Å². The Kier molecular flexibility index (Phi) is 11.3. The van der Waals surface area contributed by atoms with Crippen molar-refractivity contribution in [2.45, 2.75) is 103 Å². The standard InChI is InChI=1S/C37H49N5O6/c1-4-35-41-32(23-47-35)28-15-18-38-34(21-28)42(22-25-5-7-26(8-6-25)31-13-14-33(45-3)24(2)39-31)36(43)27-9-11-30(12-10-27)48-37(44)40-29-16-19-46-20-17-29/h13-15,18,21,23,25-27,29-30H,4-12,16-17,19-20,22H2,1-3H3,(H,40,44). The van der Waals surface area contributed by atoms with Crippen molar-refractivity contribution in [3.05, 3.63) is 54.0 Å². The summed E-state index contributed by atoms with van der Waals surface area (Å²) < 4.78 is 22.2. The Morgan fingerprint density at radius 1 is 0.979 bits per heavy atom. The van der Waals surface area contributed by atoms with Gasteiger partial charge in [0, 0.05) is 61.5 Å². The molecule has 3 fully saturated rings. The number of carbonyl (C=O) groups is 2. The molecule has 1 saturated heterocycles. The van der Waals surface area contributed by atoms with Crippen molar-refractivity contribution in [3.8, 4) is 17.0 Å². The number of aromatic nitrogens is 3. The minimum absolute atomic E-state index is 0.0914. The summed E-state index contributed by atoms with van der Waals surface area (Å²) in [6, 6.07) is 8.06. The molecule has 4 heterocycles. The highest BCUT2D eigenvalue weighted by molar-refractivity contribution is 5.94. The van der Waals surface area contributed by atoms with Gasteiger partial charge in [-0.05, 0) is 101 Å². The van der Waals surface area contributed by atoms with E-state index in [1.54, 1.807) is 19.6 Å². The average Bonchev–Trinajstić information content (AvgIpc) is 3.61. The lowest BCUT2D eigenvalue weighted by Crippen LogP contribution is -2.43. The largest absolute Gasteiger partial charge is 0.495 e. The number of oxazole rings is 1. The molecule has 0 radical (unpaired) electrons. The molecule has 1 N–H and O–H groups in total. The first kappa shape index (κ1) is 33.9. The van der Waals surface area contributed by atoms with Crippen LogP contribution in [-0.4, -0.2) is 66.0 Å². The number of anilines is 1. The highest BCUT2D eigenvalue weighted by Gasteiger charge is 2.34. The lowest BCUT2D eigenvalue weighted by molar-refractivity contribution is -0.124. The Balaban J connectivity index is 1.12. The second kappa shape index (κ2) is 15.9. The Hall–Kier alpha value is -3.99. The third-order valence-electron chi connectivity index (χ3n) is 10.3. The highest BCUT2D eigenvalue weighted by atomic mass is 16.6. The van der Waals surface area contributed by atoms with Gasteiger partial charge in [-0.15, -0.1) is 0 Å². The van der Waals surface area contributed by atoms with Crippen LogP contribution >= 0.6 is 0 Å². The van der Waals surface area contributed by atoms with E-state index in [-0.39, 0.29) is 30.1 Å². The van der Waals surface area contributed by atoms with Gasteiger partial charge in [0.25, 0.3) is 0 Å². The molecule has 2 saturated carbocycles. The van der Waals surface area contributed by atoms with Gasteiger partial charge in [0.05, 0.1) is 12.8 Å². The first-order chi connectivity index (χ1) is 23.4. The summed E-state index contributed by atoms with van der Waals surface area (Å²) in [5.41, 5.74) is 3.65. The number of methoxy groups -OCH3 is 1. The number of aryl methyl sites for hydroxylation is 2. The quantitative estimate of drug-likeness (QED) is 0.250. The number of amides is 2. The molecular formula is C37H49N5O6. The first-order valence-corrected chi connectivity index (χ1v) is 17.7. The normalized spacial score (nSPS) is 23.3. The van der Waals surface area contributed by atoms with Crippen LogP contribution in [0, 0.1) is 18.8 Å². The van der Waals surface area contributed by atoms with Gasteiger partial charge >= 0.3 is 6.09 Å². The van der Waals surface area contributed by atoms with Crippen molar-refractivity contribution in [1.29, 1.82) is 0 Å². The maximum Gasteiger partial charge on any atom is 0.407 e. The van der Waals surface area contributed by atoms with Crippen molar-refractivity contribution in [2.24, 2.45) is 11.8 Å². The molecule has 0 spiro atoms. The summed E-state index contributed by atoms with van der Waals surface area (Å²) in [6.45, 7) is 5.92. The topological polar surface area (TPSA) is 129 Å². The van der Waals surface area contributed by atoms with Gasteiger partial charge in [0.15, 0.2) is 5.89 Å². The summed E-state index contributed by atoms with van der Waals surface area (Å²) in [7, 11) is 1.67. The van der Waals surface area contributed by atoms with Gasteiger partial charge in [-0.3, -0.25) is 14.7 Å². The summed E-state index contributed by atoms with van der Waals surface area (Å²) in [6.07, 6.45) is 11.9. The summed E-state index contributed by atoms with van der Waals surface area (Å²) in [4.78, 5) is 43.0. The fourth-order valence-corrected chi connectivity index (χ4v) is 7.38. The number of nitrogens with one attached hydrogen (secondary N) is 1. The zero-order valence-electron chi connectivity index (χ0n) is 28.5. The average molecular weight is 660 g/mol. The van der Waals surface area contributed by atoms with E-state index in [1.165, 1.54) is 0 Å². The predicted octanol–water partition coefficient (Wildman–Crippen LogP) is 6.78. The van der Waals surface area contributed by atoms with Crippen LogP contribution in [0.1, 0.15) is 94.3 Å². The first-order valence-electron chi connectivity index (χ1n) is 17.7. The maximum atomic E-state index is 14.3. The number of ether oxygens (including phenoxy) is 3. The molecule has 2 aliphatic carbocycles. The number of nitrogens with zero attached hydrogens (tertiary/aromatic N) is 4. The molecule has 3 aliphatic rings. The lowest BCUT2D eigenvalue weighted by atomic mass is 9.79. The van der Waals surface area contributed by atoms with Crippen LogP contribution in [-0.2, 0) is 20.7 Å². The Bertz CT molecular complexity index is 1520. The molecule has 0 aromatic carbocycles. The molecule has 0 atom stereocenters. The van der Waals surface area contributed by atoms with E-state index in [0.29, 0.717) is 75.4 Å². The zero-order valence-corrected chi connectivity index (χ0v) is 28.5. The van der Waals surface area contributed by atoms with Crippen molar-refractivity contribution in [3.63, 3.8) is 0 Å². The summed E-state index contributed by atoms with van der Waals surface area (Å²) in [5, 5.41) is 2.98. The zero-order chi connectivity index (χ0) is 33.5. The fourth-order valence-electron chi connectivity index (χ4n) is 7.38. The van der Waals surface area contributed by atoms with E-state index in [0.717, 1.165) is 66.9 Å². The predicted molar refractivity (Wildman–Crippen MR) is 181 cm³/mol. The van der Waals surface area contributed by atoms with Crippen LogP contribution in [0.25, 0.3) is 11.3 Å². The highest BCUT2D eigenvalue weighted by Crippen LogP contribution is 2.38. The monoisotopic (exact) mass is 659 g/mol. The van der Waals surface area contributed by atoms with Crippen molar-refractivity contribution in [1.82, 2.24) is 20.3 Å². The number of rotatable bonds is 10. The van der Waals surface area contributed by atoms with Crippen LogP contribution in [0.4, 0.5) is 10.6 Å². The van der Waals surface area contributed by atoms with E-state index in [4.69, 9.17) is 28.6 Å². The van der Waals surface area contributed by atoms with Gasteiger partial charge in [0.1, 0.15) is 29.6 Å². The van der Waals surface area contributed by atoms with Crippen molar-refractivity contribution >= 4 is 17.8 Å². The number of carbonyl (C=O) groups excluding carboxylic acids is 2. The molecule has 48 heavy (non-hydrogen) atoms. The molecule has 11 nitrogen and oxygen atoms in total. The van der Waals surface area contributed by atoms with Gasteiger partial charge < -0.3 is 23.9 Å². The van der Waals surface area contributed by atoms with Gasteiger partial charge in [-0.2, -0.15) is 0 Å². The van der Waals surface area contributed by atoms with Gasteiger partial charge in [-0.25, -0.2) is 14.8 Å². The second-order valence-electron chi connectivity index (χ2n) is 13.5. The van der Waals surface area contributed by atoms with Crippen molar-refractivity contribution < 1.29 is 28.2 Å². The molecule has 1 aliphatic heterocycles. The maximum absolute atomic E-state index is 14.3. The van der Waals surface area contributed by atoms with Crippen LogP contribution in [0.3, 0.4) is 0 Å². The van der Waals surface area contributed by atoms with E-state index in [2.05, 4.69) is 16.4 Å². The fraction of sp³-hybridized carbons (Fsp3) is 0.595. The van der Waals surface area contributed by atoms with E-state index < -0.39 is 0 Å². The summed E-state index contributed by atoms with van der Waals surface area (Å²) >= 11 is 0. The Morgan fingerprint density at radius 2 is 1.75 bits per heavy atom. The minimum atomic E-state index is -0.367. The molecule has 0 unspecified atom stereocenters. The molecule has 6 rings (SSSR count). The van der Waals surface area contributed by atoms with Crippen LogP contribution in [0.5, 0.6) is 5.75 Å². The lowest BCUT2D eigenvalue weighted by Gasteiger charge is -2.35. The second-order valence-corrected chi connectivity index (χ2v) is 13.5. The number of pyridine rings is 2. The van der Waals surface area contributed by atoms with Crippen LogP contribution < -0.4 is 15.0 Å². The third-order valence-corrected chi connectivity index (χ3v) is 10.3. The Labute approximate surface area is 283 Å². The molecule has 258 valence electrons. The van der Waals surface area contributed by atoms with E-state index >= 15 is 0 Å².